The van der Waals surface area contributed by atoms with Gasteiger partial charge in [0.1, 0.15) is 0 Å². The van der Waals surface area contributed by atoms with Crippen LogP contribution >= 0.6 is 35.3 Å². The van der Waals surface area contributed by atoms with E-state index in [1.807, 2.05) is 18.2 Å². The van der Waals surface area contributed by atoms with E-state index >= 15 is 0 Å². The summed E-state index contributed by atoms with van der Waals surface area (Å²) in [6.07, 6.45) is 1.01. The number of thiophene rings is 1. The molecule has 0 saturated heterocycles. The van der Waals surface area contributed by atoms with Gasteiger partial charge in [-0.15, -0.1) is 35.3 Å². The molecule has 3 aromatic rings. The first-order chi connectivity index (χ1) is 13.8. The molecule has 6 heteroatoms. The lowest BCUT2D eigenvalue weighted by molar-refractivity contribution is 0.107. The van der Waals surface area contributed by atoms with Crippen LogP contribution in [0.3, 0.4) is 0 Å². The molecule has 154 valence electrons. The lowest BCUT2D eigenvalue weighted by Crippen LogP contribution is -2.37. The first-order valence-corrected chi connectivity index (χ1v) is 10.4. The minimum absolute atomic E-state index is 0. The minimum Gasteiger partial charge on any atom is -0.372 e. The number of halogens is 1. The van der Waals surface area contributed by atoms with E-state index in [0.29, 0.717) is 13.2 Å². The molecule has 0 spiro atoms. The quantitative estimate of drug-likeness (QED) is 0.237. The fourth-order valence-corrected chi connectivity index (χ4v) is 3.56. The summed E-state index contributed by atoms with van der Waals surface area (Å²) in [5.41, 5.74) is 3.58. The Morgan fingerprint density at radius 3 is 2.41 bits per heavy atom. The molecule has 0 amide bonds. The van der Waals surface area contributed by atoms with Crippen LogP contribution in [0.15, 0.2) is 77.1 Å². The predicted octanol–water partition coefficient (Wildman–Crippen LogP) is 4.99. The van der Waals surface area contributed by atoms with Gasteiger partial charge in [0.05, 0.1) is 13.2 Å². The highest BCUT2D eigenvalue weighted by Gasteiger charge is 2.01. The number of hydrogen-bond acceptors (Lipinski definition) is 3. The average molecular weight is 521 g/mol. The standard InChI is InChI=1S/C23H27N3OS.HI/c1-24-23(25-13-12-22-11-6-14-28-22)26-16-20-9-5-10-21(15-20)18-27-17-19-7-3-2-4-8-19;/h2-11,14-15H,12-13,16-18H2,1H3,(H2,24,25,26);1H. The summed E-state index contributed by atoms with van der Waals surface area (Å²) >= 11 is 1.79. The van der Waals surface area contributed by atoms with Gasteiger partial charge in [-0.3, -0.25) is 4.99 Å². The first-order valence-electron chi connectivity index (χ1n) is 9.50. The smallest absolute Gasteiger partial charge is 0.191 e. The lowest BCUT2D eigenvalue weighted by Gasteiger charge is -2.12. The normalized spacial score (nSPS) is 11.0. The molecule has 0 aliphatic carbocycles. The highest BCUT2D eigenvalue weighted by molar-refractivity contribution is 14.0. The number of hydrogen-bond donors (Lipinski definition) is 2. The number of nitrogens with zero attached hydrogens (tertiary/aromatic N) is 1. The van der Waals surface area contributed by atoms with Gasteiger partial charge in [0, 0.05) is 25.0 Å². The zero-order valence-electron chi connectivity index (χ0n) is 16.6. The Balaban J connectivity index is 0.00000300. The summed E-state index contributed by atoms with van der Waals surface area (Å²) in [4.78, 5) is 5.68. The Morgan fingerprint density at radius 1 is 0.897 bits per heavy atom. The van der Waals surface area contributed by atoms with Crippen LogP contribution in [-0.4, -0.2) is 19.6 Å². The molecule has 0 aliphatic heterocycles. The van der Waals surface area contributed by atoms with E-state index in [1.54, 1.807) is 18.4 Å². The second-order valence-corrected chi connectivity index (χ2v) is 7.51. The van der Waals surface area contributed by atoms with E-state index in [4.69, 9.17) is 4.74 Å². The molecule has 29 heavy (non-hydrogen) atoms. The highest BCUT2D eigenvalue weighted by Crippen LogP contribution is 2.09. The predicted molar refractivity (Wildman–Crippen MR) is 133 cm³/mol. The molecule has 1 heterocycles. The van der Waals surface area contributed by atoms with Gasteiger partial charge in [-0.05, 0) is 34.6 Å². The molecule has 0 unspecified atom stereocenters. The van der Waals surface area contributed by atoms with Gasteiger partial charge in [-0.2, -0.15) is 0 Å². The monoisotopic (exact) mass is 521 g/mol. The third-order valence-electron chi connectivity index (χ3n) is 4.30. The highest BCUT2D eigenvalue weighted by atomic mass is 127. The number of aliphatic imine (C=N–C) groups is 1. The molecule has 3 rings (SSSR count). The fraction of sp³-hybridized carbons (Fsp3) is 0.261. The molecule has 4 nitrogen and oxygen atoms in total. The van der Waals surface area contributed by atoms with E-state index in [2.05, 4.69) is 69.5 Å². The summed E-state index contributed by atoms with van der Waals surface area (Å²) in [6.45, 7) is 2.83. The van der Waals surface area contributed by atoms with Gasteiger partial charge in [-0.1, -0.05) is 60.7 Å². The van der Waals surface area contributed by atoms with E-state index in [0.717, 1.165) is 25.5 Å². The molecule has 0 aliphatic rings. The summed E-state index contributed by atoms with van der Waals surface area (Å²) in [6, 6.07) is 23.0. The van der Waals surface area contributed by atoms with E-state index in [9.17, 15) is 0 Å². The van der Waals surface area contributed by atoms with E-state index < -0.39 is 0 Å². The van der Waals surface area contributed by atoms with Crippen molar-refractivity contribution in [3.05, 3.63) is 93.7 Å². The molecule has 0 fully saturated rings. The Kier molecular flexibility index (Phi) is 10.8. The van der Waals surface area contributed by atoms with Crippen LogP contribution in [0.25, 0.3) is 0 Å². The Bertz CT molecular complexity index is 854. The molecule has 0 atom stereocenters. The van der Waals surface area contributed by atoms with Crippen LogP contribution in [0.5, 0.6) is 0 Å². The maximum Gasteiger partial charge on any atom is 0.191 e. The third kappa shape index (κ3) is 8.55. The van der Waals surface area contributed by atoms with Crippen LogP contribution in [-0.2, 0) is 30.9 Å². The molecule has 2 N–H and O–H groups in total. The molecular weight excluding hydrogens is 493 g/mol. The van der Waals surface area contributed by atoms with Crippen molar-refractivity contribution in [2.45, 2.75) is 26.2 Å². The third-order valence-corrected chi connectivity index (χ3v) is 5.24. The van der Waals surface area contributed by atoms with Gasteiger partial charge in [-0.25, -0.2) is 0 Å². The summed E-state index contributed by atoms with van der Waals surface area (Å²) in [5.74, 6) is 0.822. The Morgan fingerprint density at radius 2 is 1.66 bits per heavy atom. The van der Waals surface area contributed by atoms with Gasteiger partial charge < -0.3 is 15.4 Å². The molecule has 0 radical (unpaired) electrons. The van der Waals surface area contributed by atoms with Crippen LogP contribution in [0.1, 0.15) is 21.6 Å². The fourth-order valence-electron chi connectivity index (χ4n) is 2.86. The van der Waals surface area contributed by atoms with Gasteiger partial charge in [0.2, 0.25) is 0 Å². The molecule has 0 saturated carbocycles. The molecule has 1 aromatic heterocycles. The molecular formula is C23H28IN3OS. The number of ether oxygens (including phenoxy) is 1. The summed E-state index contributed by atoms with van der Waals surface area (Å²) < 4.78 is 5.84. The minimum atomic E-state index is 0. The van der Waals surface area contributed by atoms with E-state index in [1.165, 1.54) is 21.6 Å². The average Bonchev–Trinajstić information content (AvgIpc) is 3.25. The molecule has 0 bridgehead atoms. The lowest BCUT2D eigenvalue weighted by atomic mass is 10.1. The SMILES string of the molecule is CN=C(NCCc1cccs1)NCc1cccc(COCc2ccccc2)c1.I. The van der Waals surface area contributed by atoms with Crippen LogP contribution in [0.4, 0.5) is 0 Å². The number of rotatable bonds is 9. The number of nitrogens with one attached hydrogen (secondary N) is 2. The Labute approximate surface area is 194 Å². The summed E-state index contributed by atoms with van der Waals surface area (Å²) in [5, 5.41) is 8.85. The van der Waals surface area contributed by atoms with Gasteiger partial charge in [0.15, 0.2) is 5.96 Å². The van der Waals surface area contributed by atoms with Crippen molar-refractivity contribution in [1.29, 1.82) is 0 Å². The van der Waals surface area contributed by atoms with Gasteiger partial charge in [0.25, 0.3) is 0 Å². The second kappa shape index (κ2) is 13.3. The summed E-state index contributed by atoms with van der Waals surface area (Å²) in [7, 11) is 1.80. The van der Waals surface area contributed by atoms with Crippen molar-refractivity contribution >= 4 is 41.3 Å². The van der Waals surface area contributed by atoms with Crippen molar-refractivity contribution in [2.24, 2.45) is 4.99 Å². The largest absolute Gasteiger partial charge is 0.372 e. The van der Waals surface area contributed by atoms with Crippen molar-refractivity contribution < 1.29 is 4.74 Å². The maximum absolute atomic E-state index is 5.84. The molecule has 2 aromatic carbocycles. The van der Waals surface area contributed by atoms with Crippen LogP contribution in [0.2, 0.25) is 0 Å². The topological polar surface area (TPSA) is 45.7 Å². The second-order valence-electron chi connectivity index (χ2n) is 6.48. The zero-order valence-corrected chi connectivity index (χ0v) is 19.8. The zero-order chi connectivity index (χ0) is 19.4. The van der Waals surface area contributed by atoms with Gasteiger partial charge >= 0.3 is 0 Å². The van der Waals surface area contributed by atoms with Crippen molar-refractivity contribution in [3.63, 3.8) is 0 Å². The van der Waals surface area contributed by atoms with Crippen LogP contribution < -0.4 is 10.6 Å². The van der Waals surface area contributed by atoms with E-state index in [-0.39, 0.29) is 24.0 Å². The number of benzene rings is 2. The number of guanidine groups is 1. The maximum atomic E-state index is 5.84. The first kappa shape index (κ1) is 23.4. The Hall–Kier alpha value is -1.90. The van der Waals surface area contributed by atoms with Crippen molar-refractivity contribution in [2.75, 3.05) is 13.6 Å². The van der Waals surface area contributed by atoms with Crippen LogP contribution in [0, 0.1) is 0 Å². The van der Waals surface area contributed by atoms with Crippen molar-refractivity contribution in [1.82, 2.24) is 10.6 Å². The van der Waals surface area contributed by atoms with Crippen molar-refractivity contribution in [3.8, 4) is 0 Å².